The van der Waals surface area contributed by atoms with E-state index >= 15 is 0 Å². The van der Waals surface area contributed by atoms with E-state index in [9.17, 15) is 9.35 Å². The Balaban J connectivity index is 1.93. The smallest absolute Gasteiger partial charge is 0.234 e. The van der Waals surface area contributed by atoms with Crippen LogP contribution in [0.4, 0.5) is 0 Å². The summed E-state index contributed by atoms with van der Waals surface area (Å²) in [7, 11) is 0. The summed E-state index contributed by atoms with van der Waals surface area (Å²) in [5, 5.41) is 0. The van der Waals surface area contributed by atoms with Crippen LogP contribution >= 0.6 is 0 Å². The van der Waals surface area contributed by atoms with Gasteiger partial charge in [0.15, 0.2) is 4.90 Å². The van der Waals surface area contributed by atoms with Crippen LogP contribution in [0.1, 0.15) is 18.4 Å². The fraction of sp³-hybridized carbons (Fsp3) is 0.267. The molecule has 2 unspecified atom stereocenters. The van der Waals surface area contributed by atoms with Crippen molar-refractivity contribution in [3.63, 3.8) is 0 Å². The molecule has 0 saturated carbocycles. The monoisotopic (exact) mass is 290 g/mol. The molecule has 0 spiro atoms. The molecule has 20 heavy (non-hydrogen) atoms. The van der Waals surface area contributed by atoms with Gasteiger partial charge in [-0.15, -0.1) is 0 Å². The van der Waals surface area contributed by atoms with E-state index < -0.39 is 11.2 Å². The highest BCUT2D eigenvalue weighted by Gasteiger charge is 2.14. The maximum Gasteiger partial charge on any atom is 0.234 e. The van der Waals surface area contributed by atoms with Crippen molar-refractivity contribution in [1.82, 2.24) is 10.9 Å². The van der Waals surface area contributed by atoms with Crippen LogP contribution in [0.15, 0.2) is 47.9 Å². The van der Waals surface area contributed by atoms with Crippen LogP contribution in [-0.2, 0) is 16.0 Å². The molecule has 106 valence electrons. The average Bonchev–Trinajstić information content (AvgIpc) is 2.47. The van der Waals surface area contributed by atoms with Crippen molar-refractivity contribution in [2.24, 2.45) is 0 Å². The summed E-state index contributed by atoms with van der Waals surface area (Å²) < 4.78 is 11.8. The fourth-order valence-electron chi connectivity index (χ4n) is 1.90. The van der Waals surface area contributed by atoms with Crippen LogP contribution in [0.3, 0.4) is 0 Å². The van der Waals surface area contributed by atoms with Gasteiger partial charge >= 0.3 is 0 Å². The van der Waals surface area contributed by atoms with E-state index in [1.807, 2.05) is 36.4 Å². The number of amides is 1. The van der Waals surface area contributed by atoms with Crippen molar-refractivity contribution in [3.8, 4) is 0 Å². The first-order chi connectivity index (χ1) is 9.69. The molecule has 0 bridgehead atoms. The summed E-state index contributed by atoms with van der Waals surface area (Å²) in [6.07, 6.45) is 7.02. The predicted molar refractivity (Wildman–Crippen MR) is 81.2 cm³/mol. The van der Waals surface area contributed by atoms with Crippen LogP contribution in [0.2, 0.25) is 0 Å². The molecule has 2 atom stereocenters. The molecule has 1 heterocycles. The molecule has 1 saturated heterocycles. The SMILES string of the molecule is C=CC[S+]([O-])c1ccc(/C=C/C2CCC(=O)NN2)cc1. The van der Waals surface area contributed by atoms with E-state index in [2.05, 4.69) is 17.4 Å². The second-order valence-electron chi connectivity index (χ2n) is 4.57. The van der Waals surface area contributed by atoms with E-state index in [1.54, 1.807) is 6.08 Å². The van der Waals surface area contributed by atoms with E-state index in [-0.39, 0.29) is 11.9 Å². The zero-order valence-electron chi connectivity index (χ0n) is 11.2. The van der Waals surface area contributed by atoms with Crippen LogP contribution in [-0.4, -0.2) is 22.3 Å². The number of hydrazine groups is 1. The maximum atomic E-state index is 11.8. The Bertz CT molecular complexity index is 489. The quantitative estimate of drug-likeness (QED) is 0.642. The molecule has 4 nitrogen and oxygen atoms in total. The van der Waals surface area contributed by atoms with Gasteiger partial charge in [0, 0.05) is 12.5 Å². The first-order valence-electron chi connectivity index (χ1n) is 6.51. The van der Waals surface area contributed by atoms with Crippen LogP contribution in [0.25, 0.3) is 6.08 Å². The number of hydrogen-bond acceptors (Lipinski definition) is 3. The number of benzene rings is 1. The predicted octanol–water partition coefficient (Wildman–Crippen LogP) is 1.78. The molecule has 2 rings (SSSR count). The van der Waals surface area contributed by atoms with E-state index in [0.29, 0.717) is 12.2 Å². The molecule has 1 amide bonds. The van der Waals surface area contributed by atoms with Gasteiger partial charge in [0.2, 0.25) is 5.91 Å². The van der Waals surface area contributed by atoms with Gasteiger partial charge in [-0.1, -0.05) is 30.9 Å². The fourth-order valence-corrected chi connectivity index (χ4v) is 2.75. The lowest BCUT2D eigenvalue weighted by molar-refractivity contribution is -0.123. The lowest BCUT2D eigenvalue weighted by Crippen LogP contribution is -2.48. The number of hydrogen-bond donors (Lipinski definition) is 2. The Morgan fingerprint density at radius 3 is 2.75 bits per heavy atom. The van der Waals surface area contributed by atoms with Gasteiger partial charge < -0.3 is 4.55 Å². The minimum atomic E-state index is -1.01. The van der Waals surface area contributed by atoms with E-state index in [0.717, 1.165) is 16.9 Å². The van der Waals surface area contributed by atoms with Crippen molar-refractivity contribution in [1.29, 1.82) is 0 Å². The molecular weight excluding hydrogens is 272 g/mol. The minimum absolute atomic E-state index is 0.0312. The summed E-state index contributed by atoms with van der Waals surface area (Å²) >= 11 is -1.01. The summed E-state index contributed by atoms with van der Waals surface area (Å²) in [6.45, 7) is 3.59. The van der Waals surface area contributed by atoms with Gasteiger partial charge in [-0.2, -0.15) is 0 Å². The third-order valence-electron chi connectivity index (χ3n) is 3.01. The third-order valence-corrected chi connectivity index (χ3v) is 4.35. The Kier molecular flexibility index (Phi) is 5.40. The normalized spacial score (nSPS) is 20.6. The van der Waals surface area contributed by atoms with Gasteiger partial charge in [-0.25, -0.2) is 5.43 Å². The zero-order chi connectivity index (χ0) is 14.4. The average molecular weight is 290 g/mol. The number of carbonyl (C=O) groups is 1. The minimum Gasteiger partial charge on any atom is -0.611 e. The standard InChI is InChI=1S/C15H18N2O2S/c1-2-11-20(19)14-8-4-12(5-9-14)3-6-13-7-10-15(18)17-16-13/h2-6,8-9,13,16H,1,7,10-11H2,(H,17,18)/b6-3+. The molecule has 2 N–H and O–H groups in total. The van der Waals surface area contributed by atoms with Gasteiger partial charge in [-0.05, 0) is 41.4 Å². The molecule has 1 aliphatic heterocycles. The van der Waals surface area contributed by atoms with Crippen molar-refractivity contribution in [3.05, 3.63) is 48.6 Å². The van der Waals surface area contributed by atoms with Gasteiger partial charge in [0.1, 0.15) is 5.75 Å². The highest BCUT2D eigenvalue weighted by Crippen LogP contribution is 2.14. The molecule has 1 aliphatic rings. The largest absolute Gasteiger partial charge is 0.611 e. The first-order valence-corrected chi connectivity index (χ1v) is 7.83. The molecule has 1 aromatic rings. The molecule has 1 aromatic carbocycles. The van der Waals surface area contributed by atoms with E-state index in [4.69, 9.17) is 0 Å². The first kappa shape index (κ1) is 14.8. The van der Waals surface area contributed by atoms with Crippen molar-refractivity contribution < 1.29 is 9.35 Å². The highest BCUT2D eigenvalue weighted by molar-refractivity contribution is 7.91. The van der Waals surface area contributed by atoms with Crippen LogP contribution in [0.5, 0.6) is 0 Å². The number of carbonyl (C=O) groups excluding carboxylic acids is 1. The Morgan fingerprint density at radius 2 is 2.15 bits per heavy atom. The second kappa shape index (κ2) is 7.28. The number of rotatable bonds is 5. The molecule has 5 heteroatoms. The third kappa shape index (κ3) is 4.23. The van der Waals surface area contributed by atoms with E-state index in [1.165, 1.54) is 0 Å². The Labute approximate surface area is 122 Å². The summed E-state index contributed by atoms with van der Waals surface area (Å²) in [4.78, 5) is 11.8. The second-order valence-corrected chi connectivity index (χ2v) is 6.06. The van der Waals surface area contributed by atoms with Crippen molar-refractivity contribution >= 4 is 23.2 Å². The highest BCUT2D eigenvalue weighted by atomic mass is 32.2. The van der Waals surface area contributed by atoms with Gasteiger partial charge in [0.25, 0.3) is 0 Å². The van der Waals surface area contributed by atoms with Crippen molar-refractivity contribution in [2.75, 3.05) is 5.75 Å². The molecule has 0 radical (unpaired) electrons. The Hall–Kier alpha value is -1.56. The van der Waals surface area contributed by atoms with Crippen LogP contribution < -0.4 is 10.9 Å². The zero-order valence-corrected chi connectivity index (χ0v) is 12.0. The summed E-state index contributed by atoms with van der Waals surface area (Å²) in [5.74, 6) is 0.504. The van der Waals surface area contributed by atoms with Gasteiger partial charge in [-0.3, -0.25) is 10.2 Å². The van der Waals surface area contributed by atoms with Crippen molar-refractivity contribution in [2.45, 2.75) is 23.8 Å². The molecule has 0 aromatic heterocycles. The lowest BCUT2D eigenvalue weighted by Gasteiger charge is -2.20. The maximum absolute atomic E-state index is 11.8. The van der Waals surface area contributed by atoms with Crippen LogP contribution in [0, 0.1) is 0 Å². The topological polar surface area (TPSA) is 64.2 Å². The molecule has 1 fully saturated rings. The Morgan fingerprint density at radius 1 is 1.40 bits per heavy atom. The molecular formula is C15H18N2O2S. The summed E-state index contributed by atoms with van der Waals surface area (Å²) in [5.41, 5.74) is 6.60. The van der Waals surface area contributed by atoms with Gasteiger partial charge in [0.05, 0.1) is 0 Å². The lowest BCUT2D eigenvalue weighted by atomic mass is 10.1. The molecule has 0 aliphatic carbocycles. The summed E-state index contributed by atoms with van der Waals surface area (Å²) in [6, 6.07) is 7.77. The number of nitrogens with one attached hydrogen (secondary N) is 2.